The van der Waals surface area contributed by atoms with Crippen LogP contribution in [0.3, 0.4) is 0 Å². The highest BCUT2D eigenvalue weighted by molar-refractivity contribution is 5.22. The Morgan fingerprint density at radius 3 is 1.82 bits per heavy atom. The van der Waals surface area contributed by atoms with Crippen LogP contribution in [-0.4, -0.2) is 55.0 Å². The number of rotatable bonds is 3. The van der Waals surface area contributed by atoms with E-state index in [9.17, 15) is 29.2 Å². The molecule has 0 bridgehead atoms. The lowest BCUT2D eigenvalue weighted by Gasteiger charge is -2.51. The highest BCUT2D eigenvalue weighted by atomic mass is 19.3. The van der Waals surface area contributed by atoms with E-state index < -0.39 is 40.9 Å². The molecule has 2 aliphatic carbocycles. The Hall–Kier alpha value is -0.340. The molecule has 3 fully saturated rings. The number of halogens is 2. The second kappa shape index (κ2) is 4.83. The van der Waals surface area contributed by atoms with Crippen LogP contribution in [0.5, 0.6) is 0 Å². The summed E-state index contributed by atoms with van der Waals surface area (Å²) in [7, 11) is 0. The first kappa shape index (κ1) is 18.0. The Bertz CT molecular complexity index is 445. The number of hydrogen-bond donors (Lipinski definition) is 4. The van der Waals surface area contributed by atoms with Gasteiger partial charge >= 0.3 is 0 Å². The van der Waals surface area contributed by atoms with Gasteiger partial charge in [0.2, 0.25) is 5.91 Å². The molecule has 0 amide bonds. The number of aliphatic hydroxyl groups is 4. The molecule has 0 aromatic rings. The van der Waals surface area contributed by atoms with E-state index in [0.717, 1.165) is 17.7 Å². The quantitative estimate of drug-likeness (QED) is 0.588. The minimum atomic E-state index is -3.11. The van der Waals surface area contributed by atoms with Gasteiger partial charge in [-0.05, 0) is 38.5 Å². The largest absolute Gasteiger partial charge is 0.364 e. The third-order valence-corrected chi connectivity index (χ3v) is 5.85. The van der Waals surface area contributed by atoms with Crippen LogP contribution >= 0.6 is 0 Å². The highest BCUT2D eigenvalue weighted by Gasteiger charge is 2.77. The molecule has 2 atom stereocenters. The molecule has 130 valence electrons. The molecule has 1 saturated heterocycles. The van der Waals surface area contributed by atoms with Gasteiger partial charge in [-0.1, -0.05) is 13.8 Å². The minimum Gasteiger partial charge on any atom is -0.364 e. The van der Waals surface area contributed by atoms with Gasteiger partial charge in [-0.15, -0.1) is 0 Å². The van der Waals surface area contributed by atoms with Gasteiger partial charge in [-0.3, -0.25) is 0 Å². The van der Waals surface area contributed by atoms with Gasteiger partial charge in [0.25, 0.3) is 5.92 Å². The highest BCUT2D eigenvalue weighted by Crippen LogP contribution is 2.68. The van der Waals surface area contributed by atoms with Crippen LogP contribution in [0, 0.1) is 11.3 Å². The Morgan fingerprint density at radius 2 is 1.50 bits per heavy atom. The number of alkyl halides is 2. The zero-order valence-electron chi connectivity index (χ0n) is 13.6. The van der Waals surface area contributed by atoms with Crippen molar-refractivity contribution in [2.75, 3.05) is 6.54 Å². The lowest BCUT2D eigenvalue weighted by atomic mass is 9.76. The van der Waals surface area contributed by atoms with Crippen molar-refractivity contribution in [1.29, 1.82) is 0 Å². The Kier molecular flexibility index (Phi) is 3.95. The van der Waals surface area contributed by atoms with Crippen molar-refractivity contribution in [2.24, 2.45) is 11.3 Å². The van der Waals surface area contributed by atoms with Gasteiger partial charge in [0.05, 0.1) is 11.5 Å². The standard InChI is InChI=1S/C13H21F2NO4.C2H6/c1-9(10(2,17)18)11(3-4-11)5-6-16(9)13(19,20)8-7-12(8,14)15;1-2/h8,17-20H,3-7H2,1-2H3;1-2H3/t8?,9-;/m0./s1. The predicted octanol–water partition coefficient (Wildman–Crippen LogP) is 1.25. The molecule has 1 spiro atoms. The summed E-state index contributed by atoms with van der Waals surface area (Å²) >= 11 is 0. The van der Waals surface area contributed by atoms with Gasteiger partial charge < -0.3 is 20.4 Å². The summed E-state index contributed by atoms with van der Waals surface area (Å²) in [5.74, 6) is -9.62. The van der Waals surface area contributed by atoms with E-state index in [1.54, 1.807) is 0 Å². The van der Waals surface area contributed by atoms with Gasteiger partial charge in [0, 0.05) is 13.0 Å². The topological polar surface area (TPSA) is 84.2 Å². The first-order chi connectivity index (χ1) is 9.89. The molecule has 4 N–H and O–H groups in total. The molecule has 0 aromatic carbocycles. The van der Waals surface area contributed by atoms with Crippen molar-refractivity contribution in [2.45, 2.75) is 76.5 Å². The molecule has 5 nitrogen and oxygen atoms in total. The Morgan fingerprint density at radius 1 is 1.05 bits per heavy atom. The van der Waals surface area contributed by atoms with Crippen molar-refractivity contribution in [3.05, 3.63) is 0 Å². The van der Waals surface area contributed by atoms with Crippen LogP contribution in [0.1, 0.15) is 53.4 Å². The van der Waals surface area contributed by atoms with E-state index in [0.29, 0.717) is 6.42 Å². The monoisotopic (exact) mass is 323 g/mol. The summed E-state index contributed by atoms with van der Waals surface area (Å²) < 4.78 is 26.5. The summed E-state index contributed by atoms with van der Waals surface area (Å²) in [6.07, 6.45) is 1.41. The average molecular weight is 323 g/mol. The number of nitrogens with zero attached hydrogens (tertiary/aromatic N) is 1. The van der Waals surface area contributed by atoms with Gasteiger partial charge in [0.1, 0.15) is 0 Å². The van der Waals surface area contributed by atoms with Gasteiger partial charge in [-0.25, -0.2) is 13.7 Å². The second-order valence-corrected chi connectivity index (χ2v) is 6.98. The fourth-order valence-corrected chi connectivity index (χ4v) is 4.04. The smallest absolute Gasteiger partial charge is 0.258 e. The number of likely N-dealkylation sites (tertiary alicyclic amines) is 1. The molecule has 0 radical (unpaired) electrons. The summed E-state index contributed by atoms with van der Waals surface area (Å²) in [6.45, 7) is 6.86. The first-order valence-electron chi connectivity index (χ1n) is 7.94. The summed E-state index contributed by atoms with van der Waals surface area (Å²) in [5.41, 5.74) is -1.80. The fourth-order valence-electron chi connectivity index (χ4n) is 4.04. The van der Waals surface area contributed by atoms with E-state index in [1.165, 1.54) is 13.8 Å². The maximum Gasteiger partial charge on any atom is 0.258 e. The van der Waals surface area contributed by atoms with Crippen molar-refractivity contribution in [3.63, 3.8) is 0 Å². The molecular weight excluding hydrogens is 296 g/mol. The SMILES string of the molecule is CC.CC(O)(O)[C@]1(C)N(C(O)(O)C2CC2(F)F)CCC12CC2. The van der Waals surface area contributed by atoms with Gasteiger partial charge in [-0.2, -0.15) is 0 Å². The van der Waals surface area contributed by atoms with Crippen LogP contribution in [0.25, 0.3) is 0 Å². The maximum atomic E-state index is 13.2. The Balaban J connectivity index is 0.000000847. The molecule has 0 aromatic heterocycles. The summed E-state index contributed by atoms with van der Waals surface area (Å²) in [6, 6.07) is 0. The van der Waals surface area contributed by atoms with E-state index in [-0.39, 0.29) is 6.54 Å². The number of hydrogen-bond acceptors (Lipinski definition) is 5. The lowest BCUT2D eigenvalue weighted by molar-refractivity contribution is -0.348. The van der Waals surface area contributed by atoms with Crippen molar-refractivity contribution in [1.82, 2.24) is 4.90 Å². The van der Waals surface area contributed by atoms with E-state index >= 15 is 0 Å². The summed E-state index contributed by atoms with van der Waals surface area (Å²) in [4.78, 5) is 1.07. The molecule has 7 heteroatoms. The van der Waals surface area contributed by atoms with Crippen LogP contribution in [0.2, 0.25) is 0 Å². The normalized spacial score (nSPS) is 36.0. The molecule has 1 unspecified atom stereocenters. The lowest BCUT2D eigenvalue weighted by Crippen LogP contribution is -2.69. The molecule has 22 heavy (non-hydrogen) atoms. The van der Waals surface area contributed by atoms with Crippen molar-refractivity contribution >= 4 is 0 Å². The fraction of sp³-hybridized carbons (Fsp3) is 1.00. The molecular formula is C15H27F2NO4. The predicted molar refractivity (Wildman–Crippen MR) is 75.8 cm³/mol. The van der Waals surface area contributed by atoms with Crippen molar-refractivity contribution < 1.29 is 29.2 Å². The molecule has 1 aliphatic heterocycles. The van der Waals surface area contributed by atoms with E-state index in [4.69, 9.17) is 0 Å². The van der Waals surface area contributed by atoms with Crippen molar-refractivity contribution in [3.8, 4) is 0 Å². The van der Waals surface area contributed by atoms with Crippen LogP contribution in [0.4, 0.5) is 8.78 Å². The van der Waals surface area contributed by atoms with E-state index in [2.05, 4.69) is 0 Å². The third-order valence-electron chi connectivity index (χ3n) is 5.85. The van der Waals surface area contributed by atoms with Crippen LogP contribution < -0.4 is 0 Å². The maximum absolute atomic E-state index is 13.2. The van der Waals surface area contributed by atoms with Crippen LogP contribution in [0.15, 0.2) is 0 Å². The Labute approximate surface area is 129 Å². The average Bonchev–Trinajstić information content (AvgIpc) is 3.25. The van der Waals surface area contributed by atoms with Gasteiger partial charge in [0.15, 0.2) is 5.79 Å². The second-order valence-electron chi connectivity index (χ2n) is 6.98. The molecule has 3 aliphatic rings. The minimum absolute atomic E-state index is 0.160. The zero-order valence-corrected chi connectivity index (χ0v) is 13.6. The summed E-state index contributed by atoms with van der Waals surface area (Å²) in [5, 5.41) is 40.7. The zero-order chi connectivity index (χ0) is 17.2. The van der Waals surface area contributed by atoms with Crippen LogP contribution in [-0.2, 0) is 0 Å². The third kappa shape index (κ3) is 2.21. The molecule has 2 saturated carbocycles. The first-order valence-corrected chi connectivity index (χ1v) is 7.94. The van der Waals surface area contributed by atoms with E-state index in [1.807, 2.05) is 13.8 Å². The molecule has 1 heterocycles. The molecule has 3 rings (SSSR count).